The van der Waals surface area contributed by atoms with E-state index in [0.717, 1.165) is 24.8 Å². The van der Waals surface area contributed by atoms with Gasteiger partial charge in [-0.05, 0) is 19.1 Å². The van der Waals surface area contributed by atoms with Crippen molar-refractivity contribution < 1.29 is 4.42 Å². The van der Waals surface area contributed by atoms with E-state index in [-0.39, 0.29) is 6.04 Å². The zero-order valence-corrected chi connectivity index (χ0v) is 8.53. The van der Waals surface area contributed by atoms with Gasteiger partial charge >= 0.3 is 0 Å². The van der Waals surface area contributed by atoms with E-state index in [4.69, 9.17) is 4.42 Å². The Morgan fingerprint density at radius 2 is 2.50 bits per heavy atom. The number of rotatable bonds is 2. The van der Waals surface area contributed by atoms with Gasteiger partial charge in [0.25, 0.3) is 0 Å². The number of likely N-dealkylation sites (N-methyl/N-ethyl adjacent to an activating group) is 1. The van der Waals surface area contributed by atoms with Gasteiger partial charge in [0.05, 0.1) is 18.8 Å². The molecule has 0 spiro atoms. The average molecular weight is 193 g/mol. The smallest absolute Gasteiger partial charge is 0.194 e. The van der Waals surface area contributed by atoms with Gasteiger partial charge in [-0.1, -0.05) is 0 Å². The van der Waals surface area contributed by atoms with Crippen LogP contribution >= 0.6 is 0 Å². The van der Waals surface area contributed by atoms with Gasteiger partial charge in [0.1, 0.15) is 5.76 Å². The molecule has 1 unspecified atom stereocenters. The van der Waals surface area contributed by atoms with Gasteiger partial charge in [-0.15, -0.1) is 0 Å². The number of guanidine groups is 1. The van der Waals surface area contributed by atoms with E-state index in [9.17, 15) is 0 Å². The van der Waals surface area contributed by atoms with E-state index in [0.29, 0.717) is 0 Å². The van der Waals surface area contributed by atoms with Crippen molar-refractivity contribution in [1.29, 1.82) is 0 Å². The van der Waals surface area contributed by atoms with Crippen LogP contribution < -0.4 is 5.32 Å². The maximum Gasteiger partial charge on any atom is 0.194 e. The summed E-state index contributed by atoms with van der Waals surface area (Å²) in [6, 6.07) is 4.03. The summed E-state index contributed by atoms with van der Waals surface area (Å²) in [6.07, 6.45) is 1.69. The first-order valence-electron chi connectivity index (χ1n) is 4.83. The second kappa shape index (κ2) is 3.74. The number of nitrogens with one attached hydrogen (secondary N) is 1. The van der Waals surface area contributed by atoms with Crippen LogP contribution in [0.15, 0.2) is 27.8 Å². The zero-order chi connectivity index (χ0) is 9.97. The molecular formula is C10H15N3O. The Morgan fingerprint density at radius 3 is 3.07 bits per heavy atom. The third kappa shape index (κ3) is 1.73. The second-order valence-corrected chi connectivity index (χ2v) is 3.51. The predicted octanol–water partition coefficient (Wildman–Crippen LogP) is 1.23. The number of hydrogen-bond donors (Lipinski definition) is 1. The van der Waals surface area contributed by atoms with Crippen LogP contribution in [0.25, 0.3) is 0 Å². The molecule has 4 nitrogen and oxygen atoms in total. The van der Waals surface area contributed by atoms with Gasteiger partial charge in [-0.3, -0.25) is 4.99 Å². The lowest BCUT2D eigenvalue weighted by molar-refractivity contribution is 0.447. The number of aliphatic imine (C=N–C) groups is 1. The Morgan fingerprint density at radius 1 is 1.64 bits per heavy atom. The van der Waals surface area contributed by atoms with Gasteiger partial charge in [0, 0.05) is 13.6 Å². The van der Waals surface area contributed by atoms with Gasteiger partial charge in [-0.2, -0.15) is 0 Å². The van der Waals surface area contributed by atoms with Crippen LogP contribution in [0.1, 0.15) is 18.7 Å². The minimum Gasteiger partial charge on any atom is -0.467 e. The van der Waals surface area contributed by atoms with Crippen LogP contribution in [-0.4, -0.2) is 31.0 Å². The Labute approximate surface area is 83.6 Å². The molecule has 0 amide bonds. The first-order chi connectivity index (χ1) is 6.77. The molecule has 1 aliphatic rings. The highest BCUT2D eigenvalue weighted by Crippen LogP contribution is 2.13. The molecule has 0 saturated carbocycles. The lowest BCUT2D eigenvalue weighted by Gasteiger charge is -2.18. The molecule has 1 aromatic rings. The number of furan rings is 1. The Hall–Kier alpha value is -1.45. The lowest BCUT2D eigenvalue weighted by Crippen LogP contribution is -2.36. The highest BCUT2D eigenvalue weighted by molar-refractivity contribution is 5.81. The number of hydrogen-bond acceptors (Lipinski definition) is 4. The third-order valence-corrected chi connectivity index (χ3v) is 2.37. The fourth-order valence-corrected chi connectivity index (χ4v) is 1.49. The highest BCUT2D eigenvalue weighted by Gasteiger charge is 2.16. The van der Waals surface area contributed by atoms with E-state index in [1.807, 2.05) is 19.2 Å². The molecule has 76 valence electrons. The van der Waals surface area contributed by atoms with Crippen LogP contribution in [-0.2, 0) is 0 Å². The van der Waals surface area contributed by atoms with Crippen LogP contribution in [0.3, 0.4) is 0 Å². The largest absolute Gasteiger partial charge is 0.467 e. The van der Waals surface area contributed by atoms with Crippen molar-refractivity contribution in [1.82, 2.24) is 10.2 Å². The quantitative estimate of drug-likeness (QED) is 0.768. The van der Waals surface area contributed by atoms with Crippen LogP contribution in [0.5, 0.6) is 0 Å². The van der Waals surface area contributed by atoms with Gasteiger partial charge in [-0.25, -0.2) is 0 Å². The lowest BCUT2D eigenvalue weighted by atomic mass is 10.2. The van der Waals surface area contributed by atoms with E-state index >= 15 is 0 Å². The maximum atomic E-state index is 5.30. The van der Waals surface area contributed by atoms with Crippen LogP contribution in [0.2, 0.25) is 0 Å². The van der Waals surface area contributed by atoms with Crippen LogP contribution in [0, 0.1) is 0 Å². The molecular weight excluding hydrogens is 178 g/mol. The van der Waals surface area contributed by atoms with E-state index in [2.05, 4.69) is 22.1 Å². The standard InChI is InChI=1S/C10H15N3O/c1-8(9-4-3-7-14-9)12-10-11-5-6-13(10)2/h3-4,7-8H,5-6H2,1-2H3,(H,11,12). The zero-order valence-electron chi connectivity index (χ0n) is 8.53. The molecule has 0 bridgehead atoms. The summed E-state index contributed by atoms with van der Waals surface area (Å²) in [6.45, 7) is 3.93. The molecule has 2 heterocycles. The monoisotopic (exact) mass is 193 g/mol. The fraction of sp³-hybridized carbons (Fsp3) is 0.500. The summed E-state index contributed by atoms with van der Waals surface area (Å²) in [7, 11) is 2.04. The van der Waals surface area contributed by atoms with Crippen molar-refractivity contribution in [2.24, 2.45) is 4.99 Å². The molecule has 0 radical (unpaired) electrons. The van der Waals surface area contributed by atoms with E-state index < -0.39 is 0 Å². The minimum atomic E-state index is 0.171. The van der Waals surface area contributed by atoms with Gasteiger partial charge < -0.3 is 14.6 Å². The minimum absolute atomic E-state index is 0.171. The van der Waals surface area contributed by atoms with Crippen molar-refractivity contribution in [2.75, 3.05) is 20.1 Å². The van der Waals surface area contributed by atoms with E-state index in [1.165, 1.54) is 0 Å². The Bertz CT molecular complexity index is 318. The molecule has 4 heteroatoms. The summed E-state index contributed by atoms with van der Waals surface area (Å²) in [4.78, 5) is 6.47. The normalized spacial score (nSPS) is 18.1. The molecule has 1 aromatic heterocycles. The molecule has 1 N–H and O–H groups in total. The fourth-order valence-electron chi connectivity index (χ4n) is 1.49. The summed E-state index contributed by atoms with van der Waals surface area (Å²) in [5.41, 5.74) is 0. The predicted molar refractivity (Wildman–Crippen MR) is 55.2 cm³/mol. The van der Waals surface area contributed by atoms with Gasteiger partial charge in [0.2, 0.25) is 0 Å². The number of nitrogens with zero attached hydrogens (tertiary/aromatic N) is 2. The van der Waals surface area contributed by atoms with E-state index in [1.54, 1.807) is 6.26 Å². The molecule has 14 heavy (non-hydrogen) atoms. The highest BCUT2D eigenvalue weighted by atomic mass is 16.3. The summed E-state index contributed by atoms with van der Waals surface area (Å²) >= 11 is 0. The van der Waals surface area contributed by atoms with Crippen LogP contribution in [0.4, 0.5) is 0 Å². The molecule has 1 atom stereocenters. The summed E-state index contributed by atoms with van der Waals surface area (Å²) in [5, 5.41) is 3.31. The molecule has 0 aliphatic carbocycles. The summed E-state index contributed by atoms with van der Waals surface area (Å²) in [5.74, 6) is 1.89. The molecule has 0 aromatic carbocycles. The van der Waals surface area contributed by atoms with Crippen molar-refractivity contribution in [2.45, 2.75) is 13.0 Å². The average Bonchev–Trinajstić information content (AvgIpc) is 2.77. The van der Waals surface area contributed by atoms with Crippen molar-refractivity contribution in [3.8, 4) is 0 Å². The third-order valence-electron chi connectivity index (χ3n) is 2.37. The first kappa shape index (κ1) is 9.12. The van der Waals surface area contributed by atoms with Crippen molar-refractivity contribution in [3.63, 3.8) is 0 Å². The molecule has 0 fully saturated rings. The topological polar surface area (TPSA) is 40.8 Å². The first-order valence-corrected chi connectivity index (χ1v) is 4.83. The maximum absolute atomic E-state index is 5.30. The SMILES string of the molecule is CC(NC1=NCCN1C)c1ccco1. The molecule has 1 aliphatic heterocycles. The Balaban J connectivity index is 1.98. The summed E-state index contributed by atoms with van der Waals surface area (Å²) < 4.78 is 5.30. The van der Waals surface area contributed by atoms with Crippen molar-refractivity contribution in [3.05, 3.63) is 24.2 Å². The molecule has 2 rings (SSSR count). The molecule has 0 saturated heterocycles. The van der Waals surface area contributed by atoms with Crippen molar-refractivity contribution >= 4 is 5.96 Å². The Kier molecular flexibility index (Phi) is 2.43. The van der Waals surface area contributed by atoms with Gasteiger partial charge in [0.15, 0.2) is 5.96 Å². The second-order valence-electron chi connectivity index (χ2n) is 3.51.